The summed E-state index contributed by atoms with van der Waals surface area (Å²) >= 11 is 0. The van der Waals surface area contributed by atoms with Crippen molar-refractivity contribution in [2.45, 2.75) is 31.8 Å². The third-order valence-corrected chi connectivity index (χ3v) is 4.32. The number of nitrogens with two attached hydrogens (primary N) is 1. The van der Waals surface area contributed by atoms with E-state index in [0.717, 1.165) is 44.3 Å². The van der Waals surface area contributed by atoms with Crippen molar-refractivity contribution in [1.82, 2.24) is 9.62 Å². The number of sulfonamides is 1. The average molecular weight is 325 g/mol. The molecule has 6 nitrogen and oxygen atoms in total. The number of benzene rings is 1. The number of amides is 1. The molecular formula is C15H23N3O3S. The lowest BCUT2D eigenvalue weighted by atomic mass is 10.0. The van der Waals surface area contributed by atoms with Gasteiger partial charge in [-0.2, -0.15) is 0 Å². The summed E-state index contributed by atoms with van der Waals surface area (Å²) in [6, 6.07) is 8.03. The van der Waals surface area contributed by atoms with Gasteiger partial charge in [0.25, 0.3) is 0 Å². The fourth-order valence-electron chi connectivity index (χ4n) is 2.56. The van der Waals surface area contributed by atoms with Crippen LogP contribution in [0.1, 0.15) is 24.0 Å². The Morgan fingerprint density at radius 3 is 2.32 bits per heavy atom. The standard InChI is InChI=1S/C15H23N3O3S/c1-22(20,21)17-15(19)10-12-2-4-13(5-3-12)11-18-8-6-14(16)7-9-18/h2-5,14H,6-11,16H2,1H3,(H,17,19). The van der Waals surface area contributed by atoms with Crippen LogP contribution < -0.4 is 10.5 Å². The predicted molar refractivity (Wildman–Crippen MR) is 85.6 cm³/mol. The van der Waals surface area contributed by atoms with E-state index in [1.165, 1.54) is 5.56 Å². The highest BCUT2D eigenvalue weighted by molar-refractivity contribution is 7.89. The molecule has 0 unspecified atom stereocenters. The summed E-state index contributed by atoms with van der Waals surface area (Å²) in [7, 11) is -3.49. The van der Waals surface area contributed by atoms with E-state index in [9.17, 15) is 13.2 Å². The zero-order chi connectivity index (χ0) is 16.2. The van der Waals surface area contributed by atoms with Crippen LogP contribution in [-0.4, -0.2) is 44.6 Å². The third kappa shape index (κ3) is 5.75. The van der Waals surface area contributed by atoms with E-state index in [4.69, 9.17) is 5.73 Å². The van der Waals surface area contributed by atoms with Gasteiger partial charge in [0.15, 0.2) is 0 Å². The maximum absolute atomic E-state index is 11.6. The van der Waals surface area contributed by atoms with Crippen molar-refractivity contribution < 1.29 is 13.2 Å². The Bertz CT molecular complexity index is 605. The zero-order valence-electron chi connectivity index (χ0n) is 12.8. The molecule has 1 fully saturated rings. The van der Waals surface area contributed by atoms with E-state index >= 15 is 0 Å². The van der Waals surface area contributed by atoms with E-state index in [-0.39, 0.29) is 6.42 Å². The van der Waals surface area contributed by atoms with E-state index < -0.39 is 15.9 Å². The summed E-state index contributed by atoms with van der Waals surface area (Å²) in [5, 5.41) is 0. The van der Waals surface area contributed by atoms with Gasteiger partial charge in [0, 0.05) is 12.6 Å². The Labute approximate surface area is 131 Å². The molecule has 7 heteroatoms. The summed E-state index contributed by atoms with van der Waals surface area (Å²) in [5.74, 6) is -0.514. The number of nitrogens with one attached hydrogen (secondary N) is 1. The lowest BCUT2D eigenvalue weighted by Gasteiger charge is -2.30. The Balaban J connectivity index is 1.86. The van der Waals surface area contributed by atoms with Crippen molar-refractivity contribution in [3.8, 4) is 0 Å². The second-order valence-corrected chi connectivity index (χ2v) is 7.65. The van der Waals surface area contributed by atoms with Crippen molar-refractivity contribution in [3.05, 3.63) is 35.4 Å². The SMILES string of the molecule is CS(=O)(=O)NC(=O)Cc1ccc(CN2CCC(N)CC2)cc1. The fourth-order valence-corrected chi connectivity index (χ4v) is 3.05. The van der Waals surface area contributed by atoms with Gasteiger partial charge in [-0.15, -0.1) is 0 Å². The van der Waals surface area contributed by atoms with Crippen molar-refractivity contribution in [2.75, 3.05) is 19.3 Å². The van der Waals surface area contributed by atoms with E-state index in [0.29, 0.717) is 6.04 Å². The van der Waals surface area contributed by atoms with Crippen molar-refractivity contribution in [1.29, 1.82) is 0 Å². The monoisotopic (exact) mass is 325 g/mol. The van der Waals surface area contributed by atoms with Gasteiger partial charge in [-0.1, -0.05) is 24.3 Å². The van der Waals surface area contributed by atoms with Crippen LogP contribution in [0.15, 0.2) is 24.3 Å². The molecule has 0 aromatic heterocycles. The highest BCUT2D eigenvalue weighted by atomic mass is 32.2. The molecule has 1 aliphatic rings. The first kappa shape index (κ1) is 16.9. The van der Waals surface area contributed by atoms with Crippen molar-refractivity contribution in [3.63, 3.8) is 0 Å². The number of likely N-dealkylation sites (tertiary alicyclic amines) is 1. The predicted octanol–water partition coefficient (Wildman–Crippen LogP) is 0.228. The molecule has 122 valence electrons. The smallest absolute Gasteiger partial charge is 0.237 e. The van der Waals surface area contributed by atoms with E-state index in [1.54, 1.807) is 0 Å². The molecule has 2 rings (SSSR count). The van der Waals surface area contributed by atoms with Crippen LogP contribution in [0.5, 0.6) is 0 Å². The quantitative estimate of drug-likeness (QED) is 0.808. The Kier molecular flexibility index (Phi) is 5.55. The van der Waals surface area contributed by atoms with Gasteiger partial charge in [-0.25, -0.2) is 8.42 Å². The van der Waals surface area contributed by atoms with Crippen molar-refractivity contribution in [2.24, 2.45) is 5.73 Å². The molecular weight excluding hydrogens is 302 g/mol. The van der Waals surface area contributed by atoms with Crippen LogP contribution in [0, 0.1) is 0 Å². The molecule has 1 amide bonds. The maximum atomic E-state index is 11.6. The van der Waals surface area contributed by atoms with Gasteiger partial charge in [-0.3, -0.25) is 14.4 Å². The minimum absolute atomic E-state index is 0.0614. The maximum Gasteiger partial charge on any atom is 0.237 e. The van der Waals surface area contributed by atoms with E-state index in [1.807, 2.05) is 29.0 Å². The van der Waals surface area contributed by atoms with Crippen LogP contribution in [0.25, 0.3) is 0 Å². The van der Waals surface area contributed by atoms with Crippen LogP contribution in [0.4, 0.5) is 0 Å². The van der Waals surface area contributed by atoms with Gasteiger partial charge in [0.05, 0.1) is 12.7 Å². The molecule has 1 heterocycles. The molecule has 0 bridgehead atoms. The minimum Gasteiger partial charge on any atom is -0.328 e. The second kappa shape index (κ2) is 7.21. The average Bonchev–Trinajstić information content (AvgIpc) is 2.41. The summed E-state index contributed by atoms with van der Waals surface area (Å²) < 4.78 is 23.9. The largest absolute Gasteiger partial charge is 0.328 e. The molecule has 0 atom stereocenters. The topological polar surface area (TPSA) is 92.5 Å². The minimum atomic E-state index is -3.49. The summed E-state index contributed by atoms with van der Waals surface area (Å²) in [4.78, 5) is 13.9. The van der Waals surface area contributed by atoms with Crippen LogP contribution in [0.3, 0.4) is 0 Å². The molecule has 1 aliphatic heterocycles. The van der Waals surface area contributed by atoms with Crippen LogP contribution >= 0.6 is 0 Å². The molecule has 0 saturated carbocycles. The Morgan fingerprint density at radius 2 is 1.77 bits per heavy atom. The summed E-state index contributed by atoms with van der Waals surface area (Å²) in [6.45, 7) is 2.90. The number of piperidine rings is 1. The number of carbonyl (C=O) groups is 1. The number of nitrogens with zero attached hydrogens (tertiary/aromatic N) is 1. The number of rotatable bonds is 5. The first-order chi connectivity index (χ1) is 10.3. The van der Waals surface area contributed by atoms with Crippen LogP contribution in [0.2, 0.25) is 0 Å². The van der Waals surface area contributed by atoms with Gasteiger partial charge in [0.2, 0.25) is 15.9 Å². The lowest BCUT2D eigenvalue weighted by Crippen LogP contribution is -2.39. The Hall–Kier alpha value is -1.44. The first-order valence-corrected chi connectivity index (χ1v) is 9.27. The number of hydrogen-bond donors (Lipinski definition) is 2. The fraction of sp³-hybridized carbons (Fsp3) is 0.533. The third-order valence-electron chi connectivity index (χ3n) is 3.73. The second-order valence-electron chi connectivity index (χ2n) is 5.90. The molecule has 0 radical (unpaired) electrons. The molecule has 1 aromatic rings. The number of carbonyl (C=O) groups excluding carboxylic acids is 1. The Morgan fingerprint density at radius 1 is 1.23 bits per heavy atom. The molecule has 0 aliphatic carbocycles. The van der Waals surface area contributed by atoms with Crippen LogP contribution in [-0.2, 0) is 27.8 Å². The van der Waals surface area contributed by atoms with Gasteiger partial charge in [-0.05, 0) is 37.1 Å². The van der Waals surface area contributed by atoms with Gasteiger partial charge >= 0.3 is 0 Å². The van der Waals surface area contributed by atoms with Gasteiger partial charge < -0.3 is 5.73 Å². The highest BCUT2D eigenvalue weighted by Gasteiger charge is 2.16. The summed E-state index contributed by atoms with van der Waals surface area (Å²) in [6.07, 6.45) is 3.10. The molecule has 3 N–H and O–H groups in total. The zero-order valence-corrected chi connectivity index (χ0v) is 13.6. The molecule has 1 saturated heterocycles. The molecule has 22 heavy (non-hydrogen) atoms. The van der Waals surface area contributed by atoms with Gasteiger partial charge in [0.1, 0.15) is 0 Å². The molecule has 0 spiro atoms. The normalized spacial score (nSPS) is 17.4. The highest BCUT2D eigenvalue weighted by Crippen LogP contribution is 2.13. The number of hydrogen-bond acceptors (Lipinski definition) is 5. The van der Waals surface area contributed by atoms with E-state index in [2.05, 4.69) is 4.90 Å². The lowest BCUT2D eigenvalue weighted by molar-refractivity contribution is -0.118. The summed E-state index contributed by atoms with van der Waals surface area (Å²) in [5.41, 5.74) is 7.87. The molecule has 1 aromatic carbocycles. The van der Waals surface area contributed by atoms with Crippen molar-refractivity contribution >= 4 is 15.9 Å². The first-order valence-electron chi connectivity index (χ1n) is 7.38.